The number of carboxylic acids is 1. The number of aromatic carboxylic acids is 1. The monoisotopic (exact) mass is 328 g/mol. The number of nitrogens with zero attached hydrogens (tertiary/aromatic N) is 3. The van der Waals surface area contributed by atoms with Crippen LogP contribution >= 0.6 is 11.6 Å². The number of halogens is 1. The maximum absolute atomic E-state index is 12.7. The minimum Gasteiger partial charge on any atom is -0.543 e. The van der Waals surface area contributed by atoms with Gasteiger partial charge in [-0.2, -0.15) is 0 Å². The third kappa shape index (κ3) is 1.72. The summed E-state index contributed by atoms with van der Waals surface area (Å²) in [6.07, 6.45) is 0.560. The van der Waals surface area contributed by atoms with Crippen molar-refractivity contribution in [3.63, 3.8) is 0 Å². The molecule has 116 valence electrons. The molecule has 2 heterocycles. The molecule has 23 heavy (non-hydrogen) atoms. The first kappa shape index (κ1) is 14.0. The van der Waals surface area contributed by atoms with Gasteiger partial charge < -0.3 is 14.5 Å². The van der Waals surface area contributed by atoms with E-state index in [-0.39, 0.29) is 16.4 Å². The highest BCUT2D eigenvalue weighted by Crippen LogP contribution is 2.37. The van der Waals surface area contributed by atoms with Gasteiger partial charge in [-0.3, -0.25) is 9.20 Å². The highest BCUT2D eigenvalue weighted by molar-refractivity contribution is 6.32. The van der Waals surface area contributed by atoms with Crippen LogP contribution < -0.4 is 10.7 Å². The second-order valence-corrected chi connectivity index (χ2v) is 5.73. The van der Waals surface area contributed by atoms with E-state index in [1.165, 1.54) is 4.40 Å². The van der Waals surface area contributed by atoms with E-state index in [9.17, 15) is 14.7 Å². The van der Waals surface area contributed by atoms with Crippen LogP contribution in [0.4, 0.5) is 0 Å². The molecular formula is C16H11ClN3O3-. The van der Waals surface area contributed by atoms with Crippen molar-refractivity contribution < 1.29 is 9.90 Å². The molecule has 0 atom stereocenters. The Kier molecular flexibility index (Phi) is 2.86. The second kappa shape index (κ2) is 4.70. The zero-order valence-corrected chi connectivity index (χ0v) is 12.9. The van der Waals surface area contributed by atoms with Crippen LogP contribution in [0.25, 0.3) is 16.9 Å². The molecule has 1 aromatic carbocycles. The van der Waals surface area contributed by atoms with Crippen LogP contribution in [-0.2, 0) is 13.0 Å². The molecule has 6 nitrogen and oxygen atoms in total. The number of aromatic nitrogens is 3. The van der Waals surface area contributed by atoms with Gasteiger partial charge in [0.25, 0.3) is 5.56 Å². The minimum atomic E-state index is -1.49. The fourth-order valence-electron chi connectivity index (χ4n) is 3.26. The predicted octanol–water partition coefficient (Wildman–Crippen LogP) is 1.10. The third-order valence-electron chi connectivity index (χ3n) is 4.21. The van der Waals surface area contributed by atoms with Crippen LogP contribution in [0, 0.1) is 0 Å². The lowest BCUT2D eigenvalue weighted by atomic mass is 10.1. The Bertz CT molecular complexity index is 1050. The number of hydrogen-bond acceptors (Lipinski definition) is 4. The van der Waals surface area contributed by atoms with Gasteiger partial charge in [-0.1, -0.05) is 35.9 Å². The first-order valence-corrected chi connectivity index (χ1v) is 7.55. The molecule has 0 unspecified atom stereocenters. The quantitative estimate of drug-likeness (QED) is 0.552. The number of carboxylic acid groups (broad SMARTS) is 1. The van der Waals surface area contributed by atoms with E-state index in [1.54, 1.807) is 4.57 Å². The van der Waals surface area contributed by atoms with E-state index >= 15 is 0 Å². The van der Waals surface area contributed by atoms with Gasteiger partial charge >= 0.3 is 0 Å². The van der Waals surface area contributed by atoms with Crippen LogP contribution in [0.3, 0.4) is 0 Å². The summed E-state index contributed by atoms with van der Waals surface area (Å²) in [7, 11) is 0. The molecule has 0 saturated carbocycles. The summed E-state index contributed by atoms with van der Waals surface area (Å²) in [6, 6.07) is 7.77. The Morgan fingerprint density at radius 3 is 2.83 bits per heavy atom. The molecule has 0 radical (unpaired) electrons. The molecule has 1 aliphatic rings. The molecular weight excluding hydrogens is 318 g/mol. The summed E-state index contributed by atoms with van der Waals surface area (Å²) in [5.74, 6) is -1.49. The van der Waals surface area contributed by atoms with Crippen molar-refractivity contribution in [2.45, 2.75) is 19.9 Å². The van der Waals surface area contributed by atoms with Crippen LogP contribution in [0.15, 0.2) is 29.1 Å². The first-order chi connectivity index (χ1) is 11.0. The number of carbonyl (C=O) groups is 1. The molecule has 0 fully saturated rings. The standard InChI is InChI=1S/C16H12ClN3O3/c1-2-19-12-9-6-4-3-5-8(9)7-10(12)20-13(17)11(16(22)23)18-14(20)15(19)21/h3-6H,2,7H2,1H3,(H,22,23)/p-1. The van der Waals surface area contributed by atoms with E-state index in [0.717, 1.165) is 22.5 Å². The van der Waals surface area contributed by atoms with E-state index in [2.05, 4.69) is 4.98 Å². The van der Waals surface area contributed by atoms with Gasteiger partial charge in [-0.25, -0.2) is 4.98 Å². The van der Waals surface area contributed by atoms with Gasteiger partial charge in [0.15, 0.2) is 0 Å². The average molecular weight is 329 g/mol. The Labute approximate surface area is 135 Å². The lowest BCUT2D eigenvalue weighted by Crippen LogP contribution is -2.25. The van der Waals surface area contributed by atoms with Crippen molar-refractivity contribution in [3.8, 4) is 11.3 Å². The summed E-state index contributed by atoms with van der Waals surface area (Å²) in [5, 5.41) is 11.1. The van der Waals surface area contributed by atoms with Gasteiger partial charge in [0, 0.05) is 18.5 Å². The summed E-state index contributed by atoms with van der Waals surface area (Å²) >= 11 is 6.18. The summed E-state index contributed by atoms with van der Waals surface area (Å²) in [6.45, 7) is 2.32. The fraction of sp³-hybridized carbons (Fsp3) is 0.188. The lowest BCUT2D eigenvalue weighted by Gasteiger charge is -2.13. The molecule has 0 bridgehead atoms. The van der Waals surface area contributed by atoms with Gasteiger partial charge in [-0.05, 0) is 12.5 Å². The molecule has 1 aliphatic carbocycles. The number of carbonyl (C=O) groups excluding carboxylic acids is 1. The number of hydrogen-bond donors (Lipinski definition) is 0. The van der Waals surface area contributed by atoms with Crippen LogP contribution in [0.2, 0.25) is 5.15 Å². The van der Waals surface area contributed by atoms with E-state index < -0.39 is 11.7 Å². The Morgan fingerprint density at radius 1 is 1.39 bits per heavy atom. The Balaban J connectivity index is 2.21. The van der Waals surface area contributed by atoms with Gasteiger partial charge in [0.1, 0.15) is 10.8 Å². The number of benzene rings is 1. The smallest absolute Gasteiger partial charge is 0.294 e. The normalized spacial score (nSPS) is 12.4. The molecule has 0 amide bonds. The molecule has 3 aromatic rings. The fourth-order valence-corrected chi connectivity index (χ4v) is 3.56. The second-order valence-electron chi connectivity index (χ2n) is 5.38. The van der Waals surface area contributed by atoms with Crippen molar-refractivity contribution in [1.29, 1.82) is 0 Å². The number of imidazole rings is 1. The molecule has 2 aromatic heterocycles. The maximum Gasteiger partial charge on any atom is 0.294 e. The number of fused-ring (bicyclic) bond motifs is 5. The van der Waals surface area contributed by atoms with Crippen LogP contribution in [-0.4, -0.2) is 19.9 Å². The van der Waals surface area contributed by atoms with Crippen molar-refractivity contribution in [2.75, 3.05) is 0 Å². The summed E-state index contributed by atoms with van der Waals surface area (Å²) in [4.78, 5) is 27.8. The van der Waals surface area contributed by atoms with Crippen LogP contribution in [0.5, 0.6) is 0 Å². The van der Waals surface area contributed by atoms with Gasteiger partial charge in [0.2, 0.25) is 5.65 Å². The minimum absolute atomic E-state index is 0.0163. The largest absolute Gasteiger partial charge is 0.543 e. The molecule has 0 N–H and O–H groups in total. The van der Waals surface area contributed by atoms with Crippen molar-refractivity contribution in [3.05, 3.63) is 56.7 Å². The summed E-state index contributed by atoms with van der Waals surface area (Å²) in [5.41, 5.74) is 2.81. The van der Waals surface area contributed by atoms with Gasteiger partial charge in [-0.15, -0.1) is 0 Å². The average Bonchev–Trinajstić information content (AvgIpc) is 3.07. The van der Waals surface area contributed by atoms with Gasteiger partial charge in [0.05, 0.1) is 17.4 Å². The van der Waals surface area contributed by atoms with E-state index in [0.29, 0.717) is 13.0 Å². The maximum atomic E-state index is 12.7. The zero-order chi connectivity index (χ0) is 16.3. The molecule has 4 rings (SSSR count). The van der Waals surface area contributed by atoms with E-state index in [1.807, 2.05) is 31.2 Å². The van der Waals surface area contributed by atoms with Crippen molar-refractivity contribution >= 4 is 23.2 Å². The van der Waals surface area contributed by atoms with Crippen molar-refractivity contribution in [2.24, 2.45) is 0 Å². The highest BCUT2D eigenvalue weighted by atomic mass is 35.5. The Morgan fingerprint density at radius 2 is 2.13 bits per heavy atom. The molecule has 0 spiro atoms. The number of rotatable bonds is 2. The Hall–Kier alpha value is -2.60. The topological polar surface area (TPSA) is 79.4 Å². The first-order valence-electron chi connectivity index (χ1n) is 7.17. The van der Waals surface area contributed by atoms with Crippen LogP contribution in [0.1, 0.15) is 28.7 Å². The molecule has 7 heteroatoms. The molecule has 0 saturated heterocycles. The molecule has 0 aliphatic heterocycles. The highest BCUT2D eigenvalue weighted by Gasteiger charge is 2.28. The van der Waals surface area contributed by atoms with Crippen molar-refractivity contribution in [1.82, 2.24) is 14.0 Å². The SMILES string of the molecule is CCn1c2c(n3c(Cl)c(C(=O)[O-])nc3c1=O)Cc1ccccc1-2. The predicted molar refractivity (Wildman–Crippen MR) is 82.7 cm³/mol. The lowest BCUT2D eigenvalue weighted by molar-refractivity contribution is -0.255. The van der Waals surface area contributed by atoms with E-state index in [4.69, 9.17) is 11.6 Å². The summed E-state index contributed by atoms with van der Waals surface area (Å²) < 4.78 is 3.05. The third-order valence-corrected chi connectivity index (χ3v) is 4.56. The zero-order valence-electron chi connectivity index (χ0n) is 12.2.